The molecule has 4 rings (SSSR count). The first-order valence-electron chi connectivity index (χ1n) is 9.64. The van der Waals surface area contributed by atoms with Crippen LogP contribution in [0.5, 0.6) is 0 Å². The molecule has 0 unspecified atom stereocenters. The maximum Gasteiger partial charge on any atom is 0.117 e. The quantitative estimate of drug-likeness (QED) is 0.414. The number of hydrogen-bond acceptors (Lipinski definition) is 0. The molecule has 0 spiro atoms. The molecule has 1 aliphatic rings. The first-order chi connectivity index (χ1) is 12.9. The van der Waals surface area contributed by atoms with Gasteiger partial charge in [-0.3, -0.25) is 0 Å². The van der Waals surface area contributed by atoms with Gasteiger partial charge in [0.2, 0.25) is 0 Å². The Bertz CT molecular complexity index is 854. The van der Waals surface area contributed by atoms with Crippen molar-refractivity contribution in [3.8, 4) is 0 Å². The maximum atomic E-state index is 2.51. The molecule has 0 N–H and O–H groups in total. The summed E-state index contributed by atoms with van der Waals surface area (Å²) < 4.78 is 0. The fourth-order valence-corrected chi connectivity index (χ4v) is 8.67. The van der Waals surface area contributed by atoms with Gasteiger partial charge in [-0.15, -0.1) is 0 Å². The third-order valence-electron chi connectivity index (χ3n) is 5.41. The van der Waals surface area contributed by atoms with E-state index in [0.29, 0.717) is 0 Å². The molecule has 1 heteroatoms. The summed E-state index contributed by atoms with van der Waals surface area (Å²) in [5, 5.41) is 4.55. The van der Waals surface area contributed by atoms with Gasteiger partial charge in [0, 0.05) is 5.56 Å². The standard InChI is InChI=1S/C25H26P/c1-2-3-6-13-21-20-26(22-14-7-4-8-15-22,23-16-9-5-10-17-23)25-19-12-11-18-24(21)25/h4-5,7-19H,2-3,6,20H2,1H3/q+1/b21-13+. The monoisotopic (exact) mass is 357 g/mol. The van der Waals surface area contributed by atoms with Gasteiger partial charge < -0.3 is 0 Å². The van der Waals surface area contributed by atoms with Gasteiger partial charge in [0.25, 0.3) is 0 Å². The van der Waals surface area contributed by atoms with Crippen molar-refractivity contribution in [1.29, 1.82) is 0 Å². The van der Waals surface area contributed by atoms with Crippen LogP contribution >= 0.6 is 7.26 Å². The number of rotatable bonds is 5. The number of fused-ring (bicyclic) bond motifs is 1. The van der Waals surface area contributed by atoms with Crippen LogP contribution in [0.4, 0.5) is 0 Å². The lowest BCUT2D eigenvalue weighted by Crippen LogP contribution is -2.30. The molecule has 0 saturated carbocycles. The molecule has 0 atom stereocenters. The van der Waals surface area contributed by atoms with Crippen molar-refractivity contribution in [1.82, 2.24) is 0 Å². The maximum absolute atomic E-state index is 2.51. The van der Waals surface area contributed by atoms with Crippen molar-refractivity contribution in [3.05, 3.63) is 96.6 Å². The Labute approximate surface area is 157 Å². The summed E-state index contributed by atoms with van der Waals surface area (Å²) in [7, 11) is -1.61. The van der Waals surface area contributed by atoms with Crippen LogP contribution in [0.1, 0.15) is 31.7 Å². The van der Waals surface area contributed by atoms with Crippen molar-refractivity contribution < 1.29 is 0 Å². The highest BCUT2D eigenvalue weighted by Crippen LogP contribution is 2.62. The number of allylic oxidation sites excluding steroid dienone is 2. The van der Waals surface area contributed by atoms with Crippen LogP contribution in [0.25, 0.3) is 5.57 Å². The van der Waals surface area contributed by atoms with Crippen LogP contribution in [0, 0.1) is 0 Å². The zero-order chi connectivity index (χ0) is 17.8. The van der Waals surface area contributed by atoms with Crippen LogP contribution in [0.3, 0.4) is 0 Å². The smallest absolute Gasteiger partial charge is 0.0769 e. The molecule has 3 aromatic carbocycles. The average Bonchev–Trinajstić information content (AvgIpc) is 3.05. The summed E-state index contributed by atoms with van der Waals surface area (Å²) in [4.78, 5) is 0. The van der Waals surface area contributed by atoms with Gasteiger partial charge in [-0.1, -0.05) is 80.4 Å². The van der Waals surface area contributed by atoms with E-state index < -0.39 is 7.26 Å². The minimum absolute atomic E-state index is 1.16. The Kier molecular flexibility index (Phi) is 5.05. The minimum atomic E-state index is -1.61. The van der Waals surface area contributed by atoms with Gasteiger partial charge in [-0.05, 0) is 42.3 Å². The lowest BCUT2D eigenvalue weighted by atomic mass is 10.1. The summed E-state index contributed by atoms with van der Waals surface area (Å²) in [6.07, 6.45) is 7.38. The fourth-order valence-electron chi connectivity index (χ4n) is 4.13. The average molecular weight is 357 g/mol. The first kappa shape index (κ1) is 17.3. The van der Waals surface area contributed by atoms with Crippen LogP contribution in [-0.4, -0.2) is 6.16 Å². The largest absolute Gasteiger partial charge is 0.117 e. The van der Waals surface area contributed by atoms with Gasteiger partial charge in [0.05, 0.1) is 6.16 Å². The minimum Gasteiger partial charge on any atom is -0.0769 e. The van der Waals surface area contributed by atoms with Crippen molar-refractivity contribution in [3.63, 3.8) is 0 Å². The predicted octanol–water partition coefficient (Wildman–Crippen LogP) is 5.57. The van der Waals surface area contributed by atoms with Crippen molar-refractivity contribution in [2.45, 2.75) is 26.2 Å². The number of unbranched alkanes of at least 4 members (excludes halogenated alkanes) is 2. The molecule has 0 amide bonds. The van der Waals surface area contributed by atoms with E-state index in [1.165, 1.54) is 35.4 Å². The molecule has 0 aromatic heterocycles. The first-order valence-corrected chi connectivity index (χ1v) is 11.6. The van der Waals surface area contributed by atoms with E-state index in [1.54, 1.807) is 10.9 Å². The third-order valence-corrected chi connectivity index (χ3v) is 9.80. The molecule has 130 valence electrons. The van der Waals surface area contributed by atoms with E-state index in [4.69, 9.17) is 0 Å². The van der Waals surface area contributed by atoms with E-state index in [9.17, 15) is 0 Å². The molecule has 0 aliphatic carbocycles. The van der Waals surface area contributed by atoms with E-state index >= 15 is 0 Å². The Morgan fingerprint density at radius 3 is 1.96 bits per heavy atom. The fraction of sp³-hybridized carbons (Fsp3) is 0.200. The molecule has 1 aliphatic heterocycles. The molecule has 3 aromatic rings. The Balaban J connectivity index is 1.94. The molecular formula is C25H26P+. The summed E-state index contributed by atoms with van der Waals surface area (Å²) >= 11 is 0. The van der Waals surface area contributed by atoms with Gasteiger partial charge in [0.1, 0.15) is 23.2 Å². The Morgan fingerprint density at radius 2 is 1.35 bits per heavy atom. The van der Waals surface area contributed by atoms with Crippen molar-refractivity contribution in [2.75, 3.05) is 6.16 Å². The highest BCUT2D eigenvalue weighted by Gasteiger charge is 2.52. The Morgan fingerprint density at radius 1 is 0.769 bits per heavy atom. The SMILES string of the molecule is CCCC/C=C1\C[P+](c2ccccc2)(c2ccccc2)c2ccccc21. The normalized spacial score (nSPS) is 16.6. The van der Waals surface area contributed by atoms with Crippen LogP contribution in [0.2, 0.25) is 0 Å². The molecule has 1 heterocycles. The summed E-state index contributed by atoms with van der Waals surface area (Å²) in [6.45, 7) is 2.27. The summed E-state index contributed by atoms with van der Waals surface area (Å²) in [5.41, 5.74) is 3.03. The zero-order valence-corrected chi connectivity index (χ0v) is 16.3. The molecule has 0 fully saturated rings. The van der Waals surface area contributed by atoms with Crippen molar-refractivity contribution >= 4 is 28.7 Å². The second kappa shape index (κ2) is 7.60. The van der Waals surface area contributed by atoms with Gasteiger partial charge in [0.15, 0.2) is 0 Å². The van der Waals surface area contributed by atoms with Crippen LogP contribution in [0.15, 0.2) is 91.0 Å². The topological polar surface area (TPSA) is 0 Å². The number of benzene rings is 3. The lowest BCUT2D eigenvalue weighted by molar-refractivity contribution is 0.815. The second-order valence-electron chi connectivity index (χ2n) is 7.03. The van der Waals surface area contributed by atoms with E-state index in [1.807, 2.05) is 0 Å². The summed E-state index contributed by atoms with van der Waals surface area (Å²) in [6, 6.07) is 31.5. The van der Waals surface area contributed by atoms with Gasteiger partial charge in [-0.25, -0.2) is 0 Å². The third kappa shape index (κ3) is 2.93. The number of hydrogen-bond donors (Lipinski definition) is 0. The van der Waals surface area contributed by atoms with Gasteiger partial charge >= 0.3 is 0 Å². The van der Waals surface area contributed by atoms with E-state index in [2.05, 4.69) is 97.9 Å². The zero-order valence-electron chi connectivity index (χ0n) is 15.4. The predicted molar refractivity (Wildman–Crippen MR) is 118 cm³/mol. The lowest BCUT2D eigenvalue weighted by Gasteiger charge is -2.23. The summed E-state index contributed by atoms with van der Waals surface area (Å²) in [5.74, 6) is 0. The second-order valence-corrected chi connectivity index (χ2v) is 10.5. The molecular weight excluding hydrogens is 331 g/mol. The van der Waals surface area contributed by atoms with Gasteiger partial charge in [-0.2, -0.15) is 0 Å². The molecule has 0 radical (unpaired) electrons. The van der Waals surface area contributed by atoms with E-state index in [-0.39, 0.29) is 0 Å². The highest BCUT2D eigenvalue weighted by molar-refractivity contribution is 7.96. The molecule has 0 nitrogen and oxygen atoms in total. The highest BCUT2D eigenvalue weighted by atomic mass is 31.2. The molecule has 0 saturated heterocycles. The molecule has 26 heavy (non-hydrogen) atoms. The van der Waals surface area contributed by atoms with Crippen LogP contribution in [-0.2, 0) is 0 Å². The molecule has 0 bridgehead atoms. The van der Waals surface area contributed by atoms with Crippen molar-refractivity contribution in [2.24, 2.45) is 0 Å². The Hall–Kier alpha value is -2.17. The van der Waals surface area contributed by atoms with Crippen LogP contribution < -0.4 is 15.9 Å². The van der Waals surface area contributed by atoms with E-state index in [0.717, 1.165) is 6.16 Å².